The largest absolute Gasteiger partial charge is 0.339 e. The van der Waals surface area contributed by atoms with Crippen LogP contribution in [0.15, 0.2) is 42.6 Å². The Morgan fingerprint density at radius 3 is 2.67 bits per heavy atom. The average Bonchev–Trinajstić information content (AvgIpc) is 2.55. The first-order chi connectivity index (χ1) is 11.5. The highest BCUT2D eigenvalue weighted by Crippen LogP contribution is 2.25. The smallest absolute Gasteiger partial charge is 0.249 e. The van der Waals surface area contributed by atoms with E-state index in [0.29, 0.717) is 10.8 Å². The predicted molar refractivity (Wildman–Crippen MR) is 88.9 cm³/mol. The third-order valence-electron chi connectivity index (χ3n) is 3.27. The maximum atomic E-state index is 13.7. The number of nitrogens with zero attached hydrogens (tertiary/aromatic N) is 3. The van der Waals surface area contributed by atoms with Crippen LogP contribution in [0.4, 0.5) is 31.9 Å². The molecule has 0 unspecified atom stereocenters. The number of rotatable bonds is 4. The molecule has 122 valence electrons. The Kier molecular flexibility index (Phi) is 4.52. The topological polar surface area (TPSA) is 62.7 Å². The standard InChI is InChI=1S/C16H12ClF2N5/c1-9-11(17)3-2-4-13(9)21-15-8-20-24-16(23-15)22-14-6-5-10(18)7-12(14)19/h2-8H,1H3,(H2,21,22,23,24). The van der Waals surface area contributed by atoms with Gasteiger partial charge in [-0.2, -0.15) is 10.1 Å². The third kappa shape index (κ3) is 3.57. The summed E-state index contributed by atoms with van der Waals surface area (Å²) in [6.07, 6.45) is 1.42. The zero-order valence-electron chi connectivity index (χ0n) is 12.5. The van der Waals surface area contributed by atoms with Crippen LogP contribution >= 0.6 is 11.6 Å². The SMILES string of the molecule is Cc1c(Cl)cccc1Nc1cnnc(Nc2ccc(F)cc2F)n1. The molecule has 24 heavy (non-hydrogen) atoms. The van der Waals surface area contributed by atoms with Crippen LogP contribution in [0.2, 0.25) is 5.02 Å². The number of halogens is 3. The van der Waals surface area contributed by atoms with Crippen molar-refractivity contribution in [2.45, 2.75) is 6.92 Å². The van der Waals surface area contributed by atoms with Crippen molar-refractivity contribution in [1.29, 1.82) is 0 Å². The molecule has 1 heterocycles. The van der Waals surface area contributed by atoms with Crippen molar-refractivity contribution < 1.29 is 8.78 Å². The molecule has 0 atom stereocenters. The maximum Gasteiger partial charge on any atom is 0.249 e. The van der Waals surface area contributed by atoms with Crippen molar-refractivity contribution >= 4 is 34.7 Å². The van der Waals surface area contributed by atoms with Gasteiger partial charge in [-0.3, -0.25) is 0 Å². The Labute approximate surface area is 141 Å². The summed E-state index contributed by atoms with van der Waals surface area (Å²) in [7, 11) is 0. The van der Waals surface area contributed by atoms with Crippen LogP contribution in [0.3, 0.4) is 0 Å². The van der Waals surface area contributed by atoms with Gasteiger partial charge in [-0.25, -0.2) is 8.78 Å². The summed E-state index contributed by atoms with van der Waals surface area (Å²) >= 11 is 6.08. The molecular formula is C16H12ClF2N5. The fourth-order valence-electron chi connectivity index (χ4n) is 2.01. The molecule has 3 aromatic rings. The highest BCUT2D eigenvalue weighted by Gasteiger charge is 2.08. The van der Waals surface area contributed by atoms with Gasteiger partial charge in [0.2, 0.25) is 5.95 Å². The first-order valence-electron chi connectivity index (χ1n) is 6.97. The normalized spacial score (nSPS) is 10.5. The van der Waals surface area contributed by atoms with Crippen molar-refractivity contribution in [2.75, 3.05) is 10.6 Å². The minimum atomic E-state index is -0.748. The lowest BCUT2D eigenvalue weighted by molar-refractivity contribution is 0.586. The van der Waals surface area contributed by atoms with Gasteiger partial charge in [-0.15, -0.1) is 5.10 Å². The van der Waals surface area contributed by atoms with E-state index in [1.54, 1.807) is 12.1 Å². The first-order valence-corrected chi connectivity index (χ1v) is 7.34. The van der Waals surface area contributed by atoms with Crippen molar-refractivity contribution in [3.8, 4) is 0 Å². The van der Waals surface area contributed by atoms with E-state index in [9.17, 15) is 8.78 Å². The summed E-state index contributed by atoms with van der Waals surface area (Å²) in [5, 5.41) is 13.9. The van der Waals surface area contributed by atoms with Gasteiger partial charge in [-0.05, 0) is 36.8 Å². The van der Waals surface area contributed by atoms with Crippen LogP contribution in [-0.2, 0) is 0 Å². The number of aromatic nitrogens is 3. The molecule has 0 saturated heterocycles. The summed E-state index contributed by atoms with van der Waals surface area (Å²) in [5.74, 6) is -0.933. The second-order valence-electron chi connectivity index (χ2n) is 4.95. The molecule has 0 fully saturated rings. The molecule has 0 aliphatic heterocycles. The molecule has 3 rings (SSSR count). The van der Waals surface area contributed by atoms with Gasteiger partial charge in [0.25, 0.3) is 0 Å². The molecule has 5 nitrogen and oxygen atoms in total. The highest BCUT2D eigenvalue weighted by atomic mass is 35.5. The van der Waals surface area contributed by atoms with Crippen LogP contribution in [0.1, 0.15) is 5.56 Å². The van der Waals surface area contributed by atoms with Crippen LogP contribution in [-0.4, -0.2) is 15.2 Å². The molecular weight excluding hydrogens is 336 g/mol. The number of anilines is 4. The van der Waals surface area contributed by atoms with Crippen LogP contribution < -0.4 is 10.6 Å². The summed E-state index contributed by atoms with van der Waals surface area (Å²) < 4.78 is 26.6. The summed E-state index contributed by atoms with van der Waals surface area (Å²) in [6.45, 7) is 1.87. The van der Waals surface area contributed by atoms with E-state index in [2.05, 4.69) is 25.8 Å². The number of benzene rings is 2. The van der Waals surface area contributed by atoms with Gasteiger partial charge in [-0.1, -0.05) is 17.7 Å². The molecule has 0 bridgehead atoms. The third-order valence-corrected chi connectivity index (χ3v) is 3.68. The number of hydrogen-bond acceptors (Lipinski definition) is 5. The molecule has 0 amide bonds. The maximum absolute atomic E-state index is 13.7. The Bertz CT molecular complexity index is 888. The molecule has 2 N–H and O–H groups in total. The van der Waals surface area contributed by atoms with E-state index in [1.807, 2.05) is 13.0 Å². The van der Waals surface area contributed by atoms with Crippen LogP contribution in [0.25, 0.3) is 0 Å². The van der Waals surface area contributed by atoms with Gasteiger partial charge >= 0.3 is 0 Å². The Morgan fingerprint density at radius 2 is 1.88 bits per heavy atom. The van der Waals surface area contributed by atoms with Crippen molar-refractivity contribution in [3.63, 3.8) is 0 Å². The van der Waals surface area contributed by atoms with Gasteiger partial charge in [0.1, 0.15) is 11.6 Å². The second-order valence-corrected chi connectivity index (χ2v) is 5.36. The lowest BCUT2D eigenvalue weighted by atomic mass is 10.2. The number of hydrogen-bond donors (Lipinski definition) is 2. The lowest BCUT2D eigenvalue weighted by Crippen LogP contribution is -2.04. The van der Waals surface area contributed by atoms with Crippen LogP contribution in [0.5, 0.6) is 0 Å². The zero-order chi connectivity index (χ0) is 17.1. The molecule has 8 heteroatoms. The van der Waals surface area contributed by atoms with E-state index in [4.69, 9.17) is 11.6 Å². The second kappa shape index (κ2) is 6.76. The van der Waals surface area contributed by atoms with Crippen LogP contribution in [0, 0.1) is 18.6 Å². The highest BCUT2D eigenvalue weighted by molar-refractivity contribution is 6.31. The zero-order valence-corrected chi connectivity index (χ0v) is 13.3. The quantitative estimate of drug-likeness (QED) is 0.722. The summed E-state index contributed by atoms with van der Waals surface area (Å²) in [5.41, 5.74) is 1.67. The molecule has 2 aromatic carbocycles. The molecule has 0 aliphatic carbocycles. The average molecular weight is 348 g/mol. The number of nitrogens with one attached hydrogen (secondary N) is 2. The Morgan fingerprint density at radius 1 is 1.04 bits per heavy atom. The van der Waals surface area contributed by atoms with E-state index in [0.717, 1.165) is 23.4 Å². The minimum absolute atomic E-state index is 0.0503. The van der Waals surface area contributed by atoms with E-state index in [1.165, 1.54) is 12.3 Å². The molecule has 0 aliphatic rings. The fraction of sp³-hybridized carbons (Fsp3) is 0.0625. The fourth-order valence-corrected chi connectivity index (χ4v) is 2.18. The van der Waals surface area contributed by atoms with Crippen molar-refractivity contribution in [1.82, 2.24) is 15.2 Å². The summed E-state index contributed by atoms with van der Waals surface area (Å²) in [6, 6.07) is 8.60. The van der Waals surface area contributed by atoms with Gasteiger partial charge < -0.3 is 10.6 Å². The minimum Gasteiger partial charge on any atom is -0.339 e. The van der Waals surface area contributed by atoms with Gasteiger partial charge in [0.05, 0.1) is 11.9 Å². The van der Waals surface area contributed by atoms with Crippen molar-refractivity contribution in [3.05, 3.63) is 64.8 Å². The monoisotopic (exact) mass is 347 g/mol. The molecule has 1 aromatic heterocycles. The predicted octanol–water partition coefficient (Wildman–Crippen LogP) is 4.60. The van der Waals surface area contributed by atoms with Gasteiger partial charge in [0, 0.05) is 16.8 Å². The molecule has 0 saturated carbocycles. The van der Waals surface area contributed by atoms with Crippen molar-refractivity contribution in [2.24, 2.45) is 0 Å². The Balaban J connectivity index is 1.82. The first kappa shape index (κ1) is 16.1. The summed E-state index contributed by atoms with van der Waals surface area (Å²) in [4.78, 5) is 4.20. The van der Waals surface area contributed by atoms with E-state index in [-0.39, 0.29) is 11.6 Å². The molecule has 0 spiro atoms. The lowest BCUT2D eigenvalue weighted by Gasteiger charge is -2.11. The Hall–Kier alpha value is -2.80. The van der Waals surface area contributed by atoms with Gasteiger partial charge in [0.15, 0.2) is 5.82 Å². The van der Waals surface area contributed by atoms with E-state index < -0.39 is 11.6 Å². The molecule has 0 radical (unpaired) electrons. The van der Waals surface area contributed by atoms with E-state index >= 15 is 0 Å².